The number of hydrogen-bond acceptors (Lipinski definition) is 4. The van der Waals surface area contributed by atoms with Crippen molar-refractivity contribution in [2.75, 3.05) is 13.7 Å². The molecule has 1 aromatic heterocycles. The fourth-order valence-electron chi connectivity index (χ4n) is 2.22. The van der Waals surface area contributed by atoms with Gasteiger partial charge in [-0.05, 0) is 44.0 Å². The van der Waals surface area contributed by atoms with Crippen LogP contribution in [0.4, 0.5) is 0 Å². The minimum atomic E-state index is -0.646. The van der Waals surface area contributed by atoms with Crippen molar-refractivity contribution in [3.63, 3.8) is 0 Å². The quantitative estimate of drug-likeness (QED) is 0.876. The van der Waals surface area contributed by atoms with Gasteiger partial charge in [0.05, 0.1) is 12.8 Å². The molecule has 1 aromatic carbocycles. The molecule has 0 aliphatic rings. The minimum Gasteiger partial charge on any atom is -0.497 e. The van der Waals surface area contributed by atoms with Gasteiger partial charge in [-0.25, -0.2) is 4.68 Å². The van der Waals surface area contributed by atoms with Crippen LogP contribution in [0.1, 0.15) is 24.2 Å². The normalized spacial score (nSPS) is 11.8. The first-order valence-corrected chi connectivity index (χ1v) is 7.48. The van der Waals surface area contributed by atoms with Crippen LogP contribution in [0.3, 0.4) is 0 Å². The van der Waals surface area contributed by atoms with Crippen LogP contribution in [0.15, 0.2) is 41.2 Å². The second-order valence-corrected chi connectivity index (χ2v) is 5.33. The SMILES string of the molecule is COc1cccc(CCNC(=O)[C@H](C)n2nc(C)ccc2=O)c1. The molecule has 1 N–H and O–H groups in total. The van der Waals surface area contributed by atoms with E-state index in [1.54, 1.807) is 27.0 Å². The number of carbonyl (C=O) groups excluding carboxylic acids is 1. The number of amides is 1. The molecule has 1 heterocycles. The van der Waals surface area contributed by atoms with E-state index in [2.05, 4.69) is 10.4 Å². The zero-order chi connectivity index (χ0) is 16.8. The number of ether oxygens (including phenoxy) is 1. The number of rotatable bonds is 6. The second-order valence-electron chi connectivity index (χ2n) is 5.33. The van der Waals surface area contributed by atoms with Crippen molar-refractivity contribution in [2.24, 2.45) is 0 Å². The van der Waals surface area contributed by atoms with Gasteiger partial charge in [-0.2, -0.15) is 5.10 Å². The average molecular weight is 315 g/mol. The van der Waals surface area contributed by atoms with Crippen LogP contribution in [-0.2, 0) is 11.2 Å². The molecule has 0 aliphatic carbocycles. The number of nitrogens with one attached hydrogen (secondary N) is 1. The van der Waals surface area contributed by atoms with E-state index in [9.17, 15) is 9.59 Å². The number of nitrogens with zero attached hydrogens (tertiary/aromatic N) is 2. The Bertz CT molecular complexity index is 740. The summed E-state index contributed by atoms with van der Waals surface area (Å²) in [6.45, 7) is 3.93. The van der Waals surface area contributed by atoms with E-state index in [0.29, 0.717) is 18.7 Å². The van der Waals surface area contributed by atoms with Crippen LogP contribution >= 0.6 is 0 Å². The largest absolute Gasteiger partial charge is 0.497 e. The van der Waals surface area contributed by atoms with Gasteiger partial charge in [-0.15, -0.1) is 0 Å². The van der Waals surface area contributed by atoms with Gasteiger partial charge in [0.1, 0.15) is 11.8 Å². The molecule has 0 bridgehead atoms. The highest BCUT2D eigenvalue weighted by molar-refractivity contribution is 5.79. The van der Waals surface area contributed by atoms with Gasteiger partial charge < -0.3 is 10.1 Å². The van der Waals surface area contributed by atoms with Crippen molar-refractivity contribution >= 4 is 5.91 Å². The number of benzene rings is 1. The summed E-state index contributed by atoms with van der Waals surface area (Å²) < 4.78 is 6.37. The first-order chi connectivity index (χ1) is 11.0. The monoisotopic (exact) mass is 315 g/mol. The highest BCUT2D eigenvalue weighted by Crippen LogP contribution is 2.12. The Morgan fingerprint density at radius 2 is 2.13 bits per heavy atom. The van der Waals surface area contributed by atoms with Crippen LogP contribution in [0.25, 0.3) is 0 Å². The predicted octanol–water partition coefficient (Wildman–Crippen LogP) is 1.48. The van der Waals surface area contributed by atoms with Gasteiger partial charge in [-0.3, -0.25) is 9.59 Å². The van der Waals surface area contributed by atoms with Gasteiger partial charge in [0.15, 0.2) is 0 Å². The van der Waals surface area contributed by atoms with Crippen molar-refractivity contribution in [2.45, 2.75) is 26.3 Å². The molecular formula is C17H21N3O3. The third-order valence-electron chi connectivity index (χ3n) is 3.55. The molecule has 0 spiro atoms. The summed E-state index contributed by atoms with van der Waals surface area (Å²) in [5, 5.41) is 6.94. The first-order valence-electron chi connectivity index (χ1n) is 7.48. The molecule has 0 saturated carbocycles. The first kappa shape index (κ1) is 16.7. The van der Waals surface area contributed by atoms with E-state index in [4.69, 9.17) is 4.74 Å². The van der Waals surface area contributed by atoms with Gasteiger partial charge in [0.2, 0.25) is 5.91 Å². The molecule has 122 valence electrons. The summed E-state index contributed by atoms with van der Waals surface area (Å²) in [5.41, 5.74) is 1.48. The molecule has 0 unspecified atom stereocenters. The van der Waals surface area contributed by atoms with E-state index in [1.807, 2.05) is 24.3 Å². The molecule has 2 aromatic rings. The lowest BCUT2D eigenvalue weighted by Gasteiger charge is -2.14. The molecule has 0 radical (unpaired) electrons. The summed E-state index contributed by atoms with van der Waals surface area (Å²) in [4.78, 5) is 24.0. The lowest BCUT2D eigenvalue weighted by Crippen LogP contribution is -2.37. The smallest absolute Gasteiger partial charge is 0.267 e. The van der Waals surface area contributed by atoms with Crippen LogP contribution in [0, 0.1) is 6.92 Å². The fourth-order valence-corrected chi connectivity index (χ4v) is 2.22. The highest BCUT2D eigenvalue weighted by Gasteiger charge is 2.16. The van der Waals surface area contributed by atoms with Gasteiger partial charge in [-0.1, -0.05) is 12.1 Å². The summed E-state index contributed by atoms with van der Waals surface area (Å²) in [6.07, 6.45) is 0.686. The van der Waals surface area contributed by atoms with Gasteiger partial charge in [0.25, 0.3) is 5.56 Å². The summed E-state index contributed by atoms with van der Waals surface area (Å²) in [7, 11) is 1.62. The zero-order valence-corrected chi connectivity index (χ0v) is 13.6. The highest BCUT2D eigenvalue weighted by atomic mass is 16.5. The Morgan fingerprint density at radius 1 is 1.35 bits per heavy atom. The maximum Gasteiger partial charge on any atom is 0.267 e. The number of methoxy groups -OCH3 is 1. The third-order valence-corrected chi connectivity index (χ3v) is 3.55. The average Bonchev–Trinajstić information content (AvgIpc) is 2.56. The lowest BCUT2D eigenvalue weighted by atomic mass is 10.1. The molecule has 6 nitrogen and oxygen atoms in total. The summed E-state index contributed by atoms with van der Waals surface area (Å²) in [6, 6.07) is 10.1. The minimum absolute atomic E-state index is 0.229. The third kappa shape index (κ3) is 4.42. The summed E-state index contributed by atoms with van der Waals surface area (Å²) >= 11 is 0. The van der Waals surface area contributed by atoms with E-state index < -0.39 is 6.04 Å². The molecule has 0 aliphatic heterocycles. The van der Waals surface area contributed by atoms with E-state index in [0.717, 1.165) is 11.3 Å². The van der Waals surface area contributed by atoms with Gasteiger partial charge >= 0.3 is 0 Å². The molecule has 6 heteroatoms. The van der Waals surface area contributed by atoms with E-state index in [1.165, 1.54) is 10.7 Å². The maximum absolute atomic E-state index is 12.2. The van der Waals surface area contributed by atoms with Crippen LogP contribution in [0.2, 0.25) is 0 Å². The lowest BCUT2D eigenvalue weighted by molar-refractivity contribution is -0.124. The van der Waals surface area contributed by atoms with Crippen molar-refractivity contribution in [1.82, 2.24) is 15.1 Å². The fraction of sp³-hybridized carbons (Fsp3) is 0.353. The topological polar surface area (TPSA) is 73.2 Å². The zero-order valence-electron chi connectivity index (χ0n) is 13.6. The second kappa shape index (κ2) is 7.58. The Balaban J connectivity index is 1.93. The standard InChI is InChI=1S/C17H21N3O3/c1-12-7-8-16(21)20(19-12)13(2)17(22)18-10-9-14-5-4-6-15(11-14)23-3/h4-8,11,13H,9-10H2,1-3H3,(H,18,22)/t13-/m0/s1. The number of hydrogen-bond donors (Lipinski definition) is 1. The number of aryl methyl sites for hydroxylation is 1. The van der Waals surface area contributed by atoms with E-state index in [-0.39, 0.29) is 11.5 Å². The Kier molecular flexibility index (Phi) is 5.51. The van der Waals surface area contributed by atoms with Crippen molar-refractivity contribution in [3.8, 4) is 5.75 Å². The number of carbonyl (C=O) groups is 1. The van der Waals surface area contributed by atoms with Crippen LogP contribution in [0.5, 0.6) is 5.75 Å². The molecule has 0 saturated heterocycles. The molecule has 1 amide bonds. The molecule has 0 fully saturated rings. The van der Waals surface area contributed by atoms with Crippen LogP contribution in [-0.4, -0.2) is 29.3 Å². The van der Waals surface area contributed by atoms with Crippen LogP contribution < -0.4 is 15.6 Å². The van der Waals surface area contributed by atoms with Crippen molar-refractivity contribution < 1.29 is 9.53 Å². The van der Waals surface area contributed by atoms with Crippen molar-refractivity contribution in [3.05, 3.63) is 58.0 Å². The van der Waals surface area contributed by atoms with Crippen molar-refractivity contribution in [1.29, 1.82) is 0 Å². The van der Waals surface area contributed by atoms with Gasteiger partial charge in [0, 0.05) is 12.6 Å². The summed E-state index contributed by atoms with van der Waals surface area (Å²) in [5.74, 6) is 0.561. The predicted molar refractivity (Wildman–Crippen MR) is 87.7 cm³/mol. The Hall–Kier alpha value is -2.63. The molecular weight excluding hydrogens is 294 g/mol. The Labute approximate surface area is 135 Å². The molecule has 2 rings (SSSR count). The Morgan fingerprint density at radius 3 is 2.87 bits per heavy atom. The molecule has 23 heavy (non-hydrogen) atoms. The molecule has 1 atom stereocenters. The van der Waals surface area contributed by atoms with E-state index >= 15 is 0 Å². The number of aromatic nitrogens is 2. The maximum atomic E-state index is 12.2.